The summed E-state index contributed by atoms with van der Waals surface area (Å²) < 4.78 is 82.0. The molecule has 1 amide bonds. The van der Waals surface area contributed by atoms with Crippen molar-refractivity contribution >= 4 is 38.7 Å². The molecule has 0 saturated carbocycles. The number of hydrogen-bond donors (Lipinski definition) is 1. The summed E-state index contributed by atoms with van der Waals surface area (Å²) in [4.78, 5) is 21.2. The zero-order valence-corrected chi connectivity index (χ0v) is 18.1. The lowest BCUT2D eigenvalue weighted by Gasteiger charge is -2.33. The van der Waals surface area contributed by atoms with E-state index in [9.17, 15) is 36.2 Å². The van der Waals surface area contributed by atoms with E-state index in [1.54, 1.807) is 0 Å². The van der Waals surface area contributed by atoms with Crippen LogP contribution < -0.4 is 4.90 Å². The fourth-order valence-corrected chi connectivity index (χ4v) is 5.34. The molecule has 4 atom stereocenters. The van der Waals surface area contributed by atoms with E-state index in [0.717, 1.165) is 4.90 Å². The molecular weight excluding hydrogens is 510 g/mol. The smallest absolute Gasteiger partial charge is 0.417 e. The summed E-state index contributed by atoms with van der Waals surface area (Å²) in [6, 6.07) is -0.962. The molecule has 0 aliphatic carbocycles. The van der Waals surface area contributed by atoms with Crippen molar-refractivity contribution in [3.05, 3.63) is 28.0 Å². The van der Waals surface area contributed by atoms with Gasteiger partial charge in [-0.2, -0.15) is 27.5 Å². The van der Waals surface area contributed by atoms with E-state index < -0.39 is 58.0 Å². The van der Waals surface area contributed by atoms with Gasteiger partial charge in [0.2, 0.25) is 0 Å². The van der Waals surface area contributed by atoms with Crippen molar-refractivity contribution in [2.45, 2.75) is 56.7 Å². The van der Waals surface area contributed by atoms with Crippen LogP contribution in [-0.2, 0) is 6.18 Å². The minimum absolute atomic E-state index is 0.238. The maximum absolute atomic E-state index is 14.8. The van der Waals surface area contributed by atoms with Crippen molar-refractivity contribution in [1.82, 2.24) is 14.9 Å². The van der Waals surface area contributed by atoms with Crippen LogP contribution >= 0.6 is 15.9 Å². The molecule has 32 heavy (non-hydrogen) atoms. The number of benzene rings is 1. The van der Waals surface area contributed by atoms with Crippen LogP contribution in [0.25, 0.3) is 10.9 Å². The van der Waals surface area contributed by atoms with Crippen LogP contribution in [0.1, 0.15) is 31.7 Å². The lowest BCUT2D eigenvalue weighted by atomic mass is 9.94. The van der Waals surface area contributed by atoms with Gasteiger partial charge in [-0.05, 0) is 48.2 Å². The average molecular weight is 527 g/mol. The quantitative estimate of drug-likeness (QED) is 0.441. The summed E-state index contributed by atoms with van der Waals surface area (Å²) in [6.45, 7) is 0.837. The molecule has 2 aliphatic heterocycles. The Morgan fingerprint density at radius 2 is 2.03 bits per heavy atom. The Morgan fingerprint density at radius 1 is 1.34 bits per heavy atom. The van der Waals surface area contributed by atoms with Crippen molar-refractivity contribution in [3.8, 4) is 0 Å². The van der Waals surface area contributed by atoms with Crippen molar-refractivity contribution in [3.63, 3.8) is 0 Å². The van der Waals surface area contributed by atoms with E-state index in [-0.39, 0.29) is 30.2 Å². The number of hydrogen-bond acceptors (Lipinski definition) is 4. The molecule has 1 aromatic carbocycles. The molecule has 4 rings (SSSR count). The number of fused-ring (bicyclic) bond motifs is 3. The highest BCUT2D eigenvalue weighted by Crippen LogP contribution is 2.46. The SMILES string of the molecule is CC(F)CN(C(=O)O)C1C[C@H]2CC[C@@H]1N2c1nc(F)nc2c(F)c(Br)c(C(F)(F)F)cc12. The van der Waals surface area contributed by atoms with Crippen molar-refractivity contribution in [2.75, 3.05) is 11.4 Å². The molecule has 174 valence electrons. The van der Waals surface area contributed by atoms with Gasteiger partial charge in [0.05, 0.1) is 28.7 Å². The van der Waals surface area contributed by atoms with Gasteiger partial charge in [0.15, 0.2) is 5.82 Å². The third-order valence-corrected chi connectivity index (χ3v) is 6.75. The first-order valence-corrected chi connectivity index (χ1v) is 10.5. The molecule has 1 aromatic heterocycles. The van der Waals surface area contributed by atoms with E-state index in [0.29, 0.717) is 18.9 Å². The Hall–Kier alpha value is -2.31. The molecule has 2 aromatic rings. The van der Waals surface area contributed by atoms with Gasteiger partial charge in [-0.1, -0.05) is 0 Å². The minimum atomic E-state index is -4.90. The van der Waals surface area contributed by atoms with Crippen LogP contribution in [0.5, 0.6) is 0 Å². The Bertz CT molecular complexity index is 1080. The third kappa shape index (κ3) is 3.73. The van der Waals surface area contributed by atoms with E-state index in [1.807, 2.05) is 0 Å². The van der Waals surface area contributed by atoms with Gasteiger partial charge in [-0.15, -0.1) is 0 Å². The molecule has 2 unspecified atom stereocenters. The standard InChI is InChI=1S/C19H17BrF6N4O2/c1-7(21)6-29(18(31)32)12-4-8-2-3-11(12)30(8)16-9-5-10(19(24,25)26)13(20)14(22)15(9)27-17(23)28-16/h5,7-8,11-12H,2-4,6H2,1H3,(H,31,32)/t7?,8-,11+,12?/m1/s1. The van der Waals surface area contributed by atoms with Gasteiger partial charge in [-0.25, -0.2) is 13.6 Å². The zero-order chi connectivity index (χ0) is 23.5. The van der Waals surface area contributed by atoms with Gasteiger partial charge in [-0.3, -0.25) is 0 Å². The molecule has 3 heterocycles. The van der Waals surface area contributed by atoms with Gasteiger partial charge in [0, 0.05) is 11.4 Å². The van der Waals surface area contributed by atoms with Gasteiger partial charge >= 0.3 is 18.3 Å². The number of halogens is 7. The number of amides is 1. The first kappa shape index (κ1) is 22.9. The number of carbonyl (C=O) groups is 1. The van der Waals surface area contributed by atoms with Crippen molar-refractivity contribution < 1.29 is 36.2 Å². The van der Waals surface area contributed by atoms with Crippen molar-refractivity contribution in [1.29, 1.82) is 0 Å². The second-order valence-corrected chi connectivity index (χ2v) is 8.78. The molecule has 0 spiro atoms. The summed E-state index contributed by atoms with van der Waals surface area (Å²) in [7, 11) is 0. The summed E-state index contributed by atoms with van der Waals surface area (Å²) in [5.74, 6) is -1.61. The Morgan fingerprint density at radius 3 is 2.62 bits per heavy atom. The first-order valence-electron chi connectivity index (χ1n) is 9.74. The summed E-state index contributed by atoms with van der Waals surface area (Å²) in [6.07, 6.45) is -7.73. The van der Waals surface area contributed by atoms with Crippen LogP contribution in [0.4, 0.5) is 37.0 Å². The number of alkyl halides is 4. The van der Waals surface area contributed by atoms with Crippen molar-refractivity contribution in [2.24, 2.45) is 0 Å². The number of rotatable bonds is 4. The molecular formula is C19H17BrF6N4O2. The average Bonchev–Trinajstić information content (AvgIpc) is 3.25. The summed E-state index contributed by atoms with van der Waals surface area (Å²) >= 11 is 2.57. The fourth-order valence-electron chi connectivity index (χ4n) is 4.81. The monoisotopic (exact) mass is 526 g/mol. The molecule has 6 nitrogen and oxygen atoms in total. The van der Waals surface area contributed by atoms with Crippen LogP contribution in [0.15, 0.2) is 10.5 Å². The molecule has 1 N–H and O–H groups in total. The molecule has 0 radical (unpaired) electrons. The number of anilines is 1. The molecule has 13 heteroatoms. The normalized spacial score (nSPS) is 23.8. The Balaban J connectivity index is 1.85. The Labute approximate surface area is 186 Å². The maximum Gasteiger partial charge on any atom is 0.417 e. The number of aromatic nitrogens is 2. The molecule has 2 bridgehead atoms. The molecule has 2 fully saturated rings. The zero-order valence-electron chi connectivity index (χ0n) is 16.5. The summed E-state index contributed by atoms with van der Waals surface area (Å²) in [5.41, 5.74) is -1.93. The largest absolute Gasteiger partial charge is 0.465 e. The molecule has 2 saturated heterocycles. The first-order chi connectivity index (χ1) is 14.9. The number of carboxylic acid groups (broad SMARTS) is 1. The van der Waals surface area contributed by atoms with E-state index >= 15 is 0 Å². The Kier molecular flexibility index (Phi) is 5.66. The predicted molar refractivity (Wildman–Crippen MR) is 105 cm³/mol. The predicted octanol–water partition coefficient (Wildman–Crippen LogP) is 5.14. The second-order valence-electron chi connectivity index (χ2n) is 7.99. The lowest BCUT2D eigenvalue weighted by Crippen LogP contribution is -2.49. The number of nitrogens with zero attached hydrogens (tertiary/aromatic N) is 4. The van der Waals surface area contributed by atoms with E-state index in [2.05, 4.69) is 25.9 Å². The highest BCUT2D eigenvalue weighted by atomic mass is 79.9. The topological polar surface area (TPSA) is 69.6 Å². The van der Waals surface area contributed by atoms with Crippen LogP contribution in [-0.4, -0.2) is 56.9 Å². The van der Waals surface area contributed by atoms with E-state index in [1.165, 1.54) is 11.8 Å². The van der Waals surface area contributed by atoms with Crippen LogP contribution in [0.3, 0.4) is 0 Å². The highest BCUT2D eigenvalue weighted by Gasteiger charge is 2.51. The van der Waals surface area contributed by atoms with Gasteiger partial charge < -0.3 is 14.9 Å². The van der Waals surface area contributed by atoms with Crippen LogP contribution in [0, 0.1) is 11.9 Å². The lowest BCUT2D eigenvalue weighted by molar-refractivity contribution is -0.138. The minimum Gasteiger partial charge on any atom is -0.465 e. The second kappa shape index (κ2) is 7.92. The van der Waals surface area contributed by atoms with Crippen LogP contribution in [0.2, 0.25) is 0 Å². The summed E-state index contributed by atoms with van der Waals surface area (Å²) in [5, 5.41) is 9.22. The highest BCUT2D eigenvalue weighted by molar-refractivity contribution is 9.10. The molecule has 2 aliphatic rings. The fraction of sp³-hybridized carbons (Fsp3) is 0.526. The van der Waals surface area contributed by atoms with Gasteiger partial charge in [0.25, 0.3) is 0 Å². The van der Waals surface area contributed by atoms with Gasteiger partial charge in [0.1, 0.15) is 17.5 Å². The van der Waals surface area contributed by atoms with E-state index in [4.69, 9.17) is 0 Å². The third-order valence-electron chi connectivity index (χ3n) is 5.97. The maximum atomic E-state index is 14.8.